The fourth-order valence-electron chi connectivity index (χ4n) is 3.91. The summed E-state index contributed by atoms with van der Waals surface area (Å²) in [5.41, 5.74) is 1.22. The summed E-state index contributed by atoms with van der Waals surface area (Å²) in [6.07, 6.45) is 4.48. The molecule has 0 aliphatic carbocycles. The highest BCUT2D eigenvalue weighted by Gasteiger charge is 2.42. The van der Waals surface area contributed by atoms with Gasteiger partial charge in [-0.2, -0.15) is 0 Å². The van der Waals surface area contributed by atoms with Gasteiger partial charge in [-0.3, -0.25) is 14.4 Å². The number of ether oxygens (including phenoxy) is 1. The third kappa shape index (κ3) is 5.64. The van der Waals surface area contributed by atoms with Crippen molar-refractivity contribution in [2.45, 2.75) is 31.7 Å². The molecule has 1 amide bonds. The van der Waals surface area contributed by atoms with E-state index in [1.54, 1.807) is 12.1 Å². The number of carboxylic acids is 1. The molecule has 0 saturated carbocycles. The Balaban J connectivity index is 1.91. The molecule has 1 aliphatic heterocycles. The maximum atomic E-state index is 13.1. The number of hydrogen-bond acceptors (Lipinski definition) is 6. The molecule has 8 nitrogen and oxygen atoms in total. The van der Waals surface area contributed by atoms with Crippen molar-refractivity contribution in [1.29, 1.82) is 0 Å². The van der Waals surface area contributed by atoms with E-state index in [2.05, 4.69) is 0 Å². The number of allylic oxidation sites excluding steroid dienone is 1. The number of amides is 1. The molecule has 1 aliphatic rings. The second-order valence-electron chi connectivity index (χ2n) is 7.91. The molecule has 1 heterocycles. The molecular formula is C26H27NO7. The van der Waals surface area contributed by atoms with Crippen LogP contribution in [0.5, 0.6) is 11.5 Å². The summed E-state index contributed by atoms with van der Waals surface area (Å²) in [5.74, 6) is -2.62. The Labute approximate surface area is 197 Å². The van der Waals surface area contributed by atoms with Crippen LogP contribution in [0.4, 0.5) is 0 Å². The van der Waals surface area contributed by atoms with E-state index >= 15 is 0 Å². The molecule has 3 rings (SSSR count). The average Bonchev–Trinajstić information content (AvgIpc) is 3.08. The van der Waals surface area contributed by atoms with Gasteiger partial charge >= 0.3 is 5.97 Å². The number of unbranched alkanes of at least 4 members (excludes halogenated alkanes) is 2. The molecule has 0 spiro atoms. The highest BCUT2D eigenvalue weighted by Crippen LogP contribution is 2.40. The van der Waals surface area contributed by atoms with Gasteiger partial charge in [-0.05, 0) is 42.2 Å². The first-order valence-electron chi connectivity index (χ1n) is 10.9. The number of rotatable bonds is 11. The number of methoxy groups -OCH3 is 1. The van der Waals surface area contributed by atoms with Gasteiger partial charge < -0.3 is 25.0 Å². The van der Waals surface area contributed by atoms with Crippen LogP contribution in [-0.4, -0.2) is 51.5 Å². The summed E-state index contributed by atoms with van der Waals surface area (Å²) in [7, 11) is 1.39. The minimum Gasteiger partial charge on any atom is -0.504 e. The fourth-order valence-corrected chi connectivity index (χ4v) is 3.91. The van der Waals surface area contributed by atoms with E-state index in [4.69, 9.17) is 9.84 Å². The smallest absolute Gasteiger partial charge is 0.303 e. The second kappa shape index (κ2) is 11.2. The number of aliphatic carboxylic acids is 1. The van der Waals surface area contributed by atoms with Crippen LogP contribution in [0.3, 0.4) is 0 Å². The molecule has 0 radical (unpaired) electrons. The number of carbonyl (C=O) groups is 3. The van der Waals surface area contributed by atoms with Crippen molar-refractivity contribution in [1.82, 2.24) is 4.90 Å². The summed E-state index contributed by atoms with van der Waals surface area (Å²) in [4.78, 5) is 38.2. The van der Waals surface area contributed by atoms with Crippen LogP contribution < -0.4 is 4.74 Å². The minimum atomic E-state index is -0.885. The lowest BCUT2D eigenvalue weighted by atomic mass is 9.95. The van der Waals surface area contributed by atoms with Crippen molar-refractivity contribution in [3.63, 3.8) is 0 Å². The summed E-state index contributed by atoms with van der Waals surface area (Å²) in [6.45, 7) is 0.218. The Bertz CT molecular complexity index is 1120. The Morgan fingerprint density at radius 3 is 2.47 bits per heavy atom. The number of ketones is 1. The highest BCUT2D eigenvalue weighted by atomic mass is 16.5. The van der Waals surface area contributed by atoms with Gasteiger partial charge in [-0.15, -0.1) is 0 Å². The summed E-state index contributed by atoms with van der Waals surface area (Å²) < 4.78 is 5.18. The van der Waals surface area contributed by atoms with Crippen LogP contribution in [0.25, 0.3) is 6.08 Å². The van der Waals surface area contributed by atoms with Gasteiger partial charge in [0.15, 0.2) is 23.0 Å². The van der Waals surface area contributed by atoms with Crippen LogP contribution >= 0.6 is 0 Å². The Kier molecular flexibility index (Phi) is 8.08. The lowest BCUT2D eigenvalue weighted by molar-refractivity contribution is -0.137. The van der Waals surface area contributed by atoms with E-state index in [0.29, 0.717) is 24.8 Å². The van der Waals surface area contributed by atoms with Crippen molar-refractivity contribution in [2.24, 2.45) is 0 Å². The van der Waals surface area contributed by atoms with Gasteiger partial charge in [-0.25, -0.2) is 0 Å². The number of aliphatic hydroxyl groups excluding tert-OH is 1. The number of phenolic OH excluding ortho intramolecular Hbond substituents is 1. The molecule has 0 fully saturated rings. The zero-order valence-electron chi connectivity index (χ0n) is 18.8. The van der Waals surface area contributed by atoms with Gasteiger partial charge in [0, 0.05) is 13.0 Å². The van der Waals surface area contributed by atoms with Gasteiger partial charge in [0.1, 0.15) is 0 Å². The molecule has 178 valence electrons. The largest absolute Gasteiger partial charge is 0.504 e. The molecular weight excluding hydrogens is 438 g/mol. The Morgan fingerprint density at radius 2 is 1.79 bits per heavy atom. The monoisotopic (exact) mass is 465 g/mol. The summed E-state index contributed by atoms with van der Waals surface area (Å²) in [6, 6.07) is 12.8. The van der Waals surface area contributed by atoms with Crippen molar-refractivity contribution in [2.75, 3.05) is 13.7 Å². The predicted octanol–water partition coefficient (Wildman–Crippen LogP) is 4.02. The van der Waals surface area contributed by atoms with Crippen LogP contribution in [0, 0.1) is 0 Å². The van der Waals surface area contributed by atoms with Crippen LogP contribution in [0.15, 0.2) is 65.9 Å². The fraction of sp³-hybridized carbons (Fsp3) is 0.269. The first kappa shape index (κ1) is 24.6. The lowest BCUT2D eigenvalue weighted by Gasteiger charge is -2.27. The molecule has 0 bridgehead atoms. The first-order chi connectivity index (χ1) is 16.3. The van der Waals surface area contributed by atoms with Crippen molar-refractivity contribution < 1.29 is 34.4 Å². The summed E-state index contributed by atoms with van der Waals surface area (Å²) in [5, 5.41) is 29.5. The molecule has 1 atom stereocenters. The summed E-state index contributed by atoms with van der Waals surface area (Å²) >= 11 is 0. The van der Waals surface area contributed by atoms with Gasteiger partial charge in [0.2, 0.25) is 0 Å². The van der Waals surface area contributed by atoms with E-state index in [1.165, 1.54) is 30.2 Å². The standard InChI is InChI=1S/C26H27NO7/c1-34-21-16-18(12-14-19(21)28)24-23(20(29)13-11-17-8-4-2-5-9-17)25(32)26(33)27(24)15-7-3-6-10-22(30)31/h2,4-5,8-9,11-14,16,24,28,32H,3,6-7,10,15H2,1H3,(H,30,31). The molecule has 3 N–H and O–H groups in total. The number of phenols is 1. The number of nitrogens with zero attached hydrogens (tertiary/aromatic N) is 1. The average molecular weight is 466 g/mol. The first-order valence-corrected chi connectivity index (χ1v) is 10.9. The molecule has 2 aromatic rings. The number of aromatic hydroxyl groups is 1. The molecule has 2 aromatic carbocycles. The van der Waals surface area contributed by atoms with E-state index in [9.17, 15) is 24.6 Å². The number of aliphatic hydroxyl groups is 1. The zero-order chi connectivity index (χ0) is 24.7. The van der Waals surface area contributed by atoms with Gasteiger partial charge in [0.25, 0.3) is 5.91 Å². The number of carboxylic acid groups (broad SMARTS) is 1. The molecule has 0 aromatic heterocycles. The third-order valence-electron chi connectivity index (χ3n) is 5.61. The maximum Gasteiger partial charge on any atom is 0.303 e. The maximum absolute atomic E-state index is 13.1. The van der Waals surface area contributed by atoms with E-state index < -0.39 is 29.5 Å². The van der Waals surface area contributed by atoms with Crippen molar-refractivity contribution >= 4 is 23.7 Å². The van der Waals surface area contributed by atoms with Crippen LogP contribution in [-0.2, 0) is 14.4 Å². The molecule has 1 unspecified atom stereocenters. The topological polar surface area (TPSA) is 124 Å². The Morgan fingerprint density at radius 1 is 1.06 bits per heavy atom. The molecule has 8 heteroatoms. The molecule has 0 saturated heterocycles. The lowest BCUT2D eigenvalue weighted by Crippen LogP contribution is -2.32. The van der Waals surface area contributed by atoms with E-state index in [0.717, 1.165) is 5.56 Å². The minimum absolute atomic E-state index is 0.0318. The predicted molar refractivity (Wildman–Crippen MR) is 125 cm³/mol. The Hall–Kier alpha value is -4.07. The van der Waals surface area contributed by atoms with E-state index in [1.807, 2.05) is 30.3 Å². The highest BCUT2D eigenvalue weighted by molar-refractivity contribution is 6.14. The zero-order valence-corrected chi connectivity index (χ0v) is 18.8. The van der Waals surface area contributed by atoms with Crippen LogP contribution in [0.2, 0.25) is 0 Å². The van der Waals surface area contributed by atoms with E-state index in [-0.39, 0.29) is 30.0 Å². The number of benzene rings is 2. The third-order valence-corrected chi connectivity index (χ3v) is 5.61. The van der Waals surface area contributed by atoms with Gasteiger partial charge in [-0.1, -0.05) is 48.9 Å². The number of carbonyl (C=O) groups excluding carboxylic acids is 2. The number of hydrogen-bond donors (Lipinski definition) is 3. The molecule has 34 heavy (non-hydrogen) atoms. The SMILES string of the molecule is COc1cc(C2C(C(=O)C=Cc3ccccc3)=C(O)C(=O)N2CCCCCC(=O)O)ccc1O. The second-order valence-corrected chi connectivity index (χ2v) is 7.91. The van der Waals surface area contributed by atoms with Crippen LogP contribution in [0.1, 0.15) is 42.9 Å². The quantitative estimate of drug-likeness (QED) is 0.338. The normalized spacial score (nSPS) is 15.9. The van der Waals surface area contributed by atoms with Crippen molar-refractivity contribution in [3.05, 3.63) is 77.1 Å². The van der Waals surface area contributed by atoms with Crippen molar-refractivity contribution in [3.8, 4) is 11.5 Å². The van der Waals surface area contributed by atoms with Gasteiger partial charge in [0.05, 0.1) is 18.7 Å².